The predicted octanol–water partition coefficient (Wildman–Crippen LogP) is 3.70. The molecule has 1 atom stereocenters. The van der Waals surface area contributed by atoms with E-state index in [2.05, 4.69) is 49.5 Å². The van der Waals surface area contributed by atoms with Crippen LogP contribution in [0.4, 0.5) is 0 Å². The number of benzene rings is 2. The second kappa shape index (κ2) is 6.11. The normalized spacial score (nSPS) is 12.6. The zero-order valence-corrected chi connectivity index (χ0v) is 12.3. The highest BCUT2D eigenvalue weighted by Crippen LogP contribution is 2.30. The smallest absolute Gasteiger partial charge is 0.233 e. The molecular weight excluding hydrogens is 254 g/mol. The molecular formula is C16H19NOS. The minimum absolute atomic E-state index is 0.0498. The van der Waals surface area contributed by atoms with Gasteiger partial charge in [-0.15, -0.1) is 11.8 Å². The van der Waals surface area contributed by atoms with Crippen molar-refractivity contribution in [3.05, 3.63) is 42.5 Å². The zero-order valence-electron chi connectivity index (χ0n) is 11.5. The van der Waals surface area contributed by atoms with Gasteiger partial charge in [0.1, 0.15) is 0 Å². The van der Waals surface area contributed by atoms with Gasteiger partial charge in [-0.2, -0.15) is 0 Å². The fraction of sp³-hybridized carbons (Fsp3) is 0.312. The van der Waals surface area contributed by atoms with E-state index in [4.69, 9.17) is 0 Å². The standard InChI is InChI=1S/C16H19NOS/c1-11(2)15(16(18)17-3)19-14-9-8-12-6-4-5-7-13(12)10-14/h4-11,15H,1-3H3,(H,17,18). The van der Waals surface area contributed by atoms with Gasteiger partial charge in [-0.25, -0.2) is 0 Å². The number of carbonyl (C=O) groups excluding carboxylic acids is 1. The Kier molecular flexibility index (Phi) is 4.48. The van der Waals surface area contributed by atoms with Crippen molar-refractivity contribution in [2.75, 3.05) is 7.05 Å². The van der Waals surface area contributed by atoms with Gasteiger partial charge < -0.3 is 5.32 Å². The summed E-state index contributed by atoms with van der Waals surface area (Å²) in [6.07, 6.45) is 0. The molecule has 2 nitrogen and oxygen atoms in total. The van der Waals surface area contributed by atoms with Crippen molar-refractivity contribution < 1.29 is 4.79 Å². The molecule has 0 saturated heterocycles. The van der Waals surface area contributed by atoms with Crippen LogP contribution in [0, 0.1) is 5.92 Å². The first-order valence-electron chi connectivity index (χ1n) is 6.49. The molecule has 100 valence electrons. The molecule has 0 aromatic heterocycles. The average Bonchev–Trinajstić information content (AvgIpc) is 2.43. The molecule has 2 rings (SSSR count). The van der Waals surface area contributed by atoms with E-state index in [9.17, 15) is 4.79 Å². The van der Waals surface area contributed by atoms with Crippen molar-refractivity contribution in [2.45, 2.75) is 24.0 Å². The van der Waals surface area contributed by atoms with Crippen LogP contribution in [0.15, 0.2) is 47.4 Å². The third kappa shape index (κ3) is 3.29. The lowest BCUT2D eigenvalue weighted by Crippen LogP contribution is -2.33. The summed E-state index contributed by atoms with van der Waals surface area (Å²) < 4.78 is 0. The van der Waals surface area contributed by atoms with E-state index in [1.165, 1.54) is 10.8 Å². The van der Waals surface area contributed by atoms with Gasteiger partial charge in [0.15, 0.2) is 0 Å². The van der Waals surface area contributed by atoms with Crippen LogP contribution < -0.4 is 5.32 Å². The SMILES string of the molecule is CNC(=O)C(Sc1ccc2ccccc2c1)C(C)C. The fourth-order valence-corrected chi connectivity index (χ4v) is 3.15. The quantitative estimate of drug-likeness (QED) is 0.861. The first-order chi connectivity index (χ1) is 9.11. The van der Waals surface area contributed by atoms with Crippen LogP contribution >= 0.6 is 11.8 Å². The number of hydrogen-bond acceptors (Lipinski definition) is 2. The topological polar surface area (TPSA) is 29.1 Å². The van der Waals surface area contributed by atoms with Gasteiger partial charge in [0.2, 0.25) is 5.91 Å². The van der Waals surface area contributed by atoms with Crippen LogP contribution in [0.25, 0.3) is 10.8 Å². The van der Waals surface area contributed by atoms with Gasteiger partial charge in [-0.1, -0.05) is 44.2 Å². The van der Waals surface area contributed by atoms with Crippen LogP contribution in [0.3, 0.4) is 0 Å². The molecule has 0 bridgehead atoms. The summed E-state index contributed by atoms with van der Waals surface area (Å²) in [6.45, 7) is 4.15. The molecule has 0 aliphatic heterocycles. The van der Waals surface area contributed by atoms with E-state index < -0.39 is 0 Å². The van der Waals surface area contributed by atoms with Crippen LogP contribution in [0.1, 0.15) is 13.8 Å². The van der Waals surface area contributed by atoms with Crippen LogP contribution in [-0.4, -0.2) is 18.2 Å². The van der Waals surface area contributed by atoms with Gasteiger partial charge in [-0.3, -0.25) is 4.79 Å². The summed E-state index contributed by atoms with van der Waals surface area (Å²) >= 11 is 1.63. The average molecular weight is 273 g/mol. The second-order valence-electron chi connectivity index (χ2n) is 4.91. The number of rotatable bonds is 4. The molecule has 0 aliphatic carbocycles. The van der Waals surface area contributed by atoms with E-state index in [1.807, 2.05) is 12.1 Å². The molecule has 0 fully saturated rings. The van der Waals surface area contributed by atoms with Crippen molar-refractivity contribution >= 4 is 28.4 Å². The van der Waals surface area contributed by atoms with Crippen LogP contribution in [0.5, 0.6) is 0 Å². The maximum Gasteiger partial charge on any atom is 0.233 e. The largest absolute Gasteiger partial charge is 0.358 e. The summed E-state index contributed by atoms with van der Waals surface area (Å²) in [5.41, 5.74) is 0. The summed E-state index contributed by atoms with van der Waals surface area (Å²) in [4.78, 5) is 13.0. The Morgan fingerprint density at radius 3 is 2.42 bits per heavy atom. The molecule has 2 aromatic carbocycles. The highest BCUT2D eigenvalue weighted by atomic mass is 32.2. The molecule has 0 heterocycles. The lowest BCUT2D eigenvalue weighted by atomic mass is 10.1. The number of amides is 1. The molecule has 0 saturated carbocycles. The van der Waals surface area contributed by atoms with E-state index in [-0.39, 0.29) is 11.2 Å². The molecule has 1 N–H and O–H groups in total. The Morgan fingerprint density at radius 2 is 1.79 bits per heavy atom. The first kappa shape index (κ1) is 13.9. The number of fused-ring (bicyclic) bond motifs is 1. The number of carbonyl (C=O) groups is 1. The van der Waals surface area contributed by atoms with E-state index in [0.717, 1.165) is 4.90 Å². The van der Waals surface area contributed by atoms with E-state index >= 15 is 0 Å². The zero-order chi connectivity index (χ0) is 13.8. The van der Waals surface area contributed by atoms with Crippen LogP contribution in [0.2, 0.25) is 0 Å². The third-order valence-corrected chi connectivity index (χ3v) is 4.63. The highest BCUT2D eigenvalue weighted by Gasteiger charge is 2.22. The minimum Gasteiger partial charge on any atom is -0.358 e. The Balaban J connectivity index is 2.26. The summed E-state index contributed by atoms with van der Waals surface area (Å²) in [5, 5.41) is 5.14. The molecule has 0 radical (unpaired) electrons. The first-order valence-corrected chi connectivity index (χ1v) is 7.37. The molecule has 3 heteroatoms. The molecule has 0 spiro atoms. The van der Waals surface area contributed by atoms with Gasteiger partial charge in [0.25, 0.3) is 0 Å². The predicted molar refractivity (Wildman–Crippen MR) is 82.5 cm³/mol. The highest BCUT2D eigenvalue weighted by molar-refractivity contribution is 8.00. The van der Waals surface area contributed by atoms with Crippen molar-refractivity contribution in [2.24, 2.45) is 5.92 Å². The maximum atomic E-state index is 11.9. The monoisotopic (exact) mass is 273 g/mol. The number of nitrogens with one attached hydrogen (secondary N) is 1. The lowest BCUT2D eigenvalue weighted by Gasteiger charge is -2.18. The van der Waals surface area contributed by atoms with Crippen molar-refractivity contribution in [1.29, 1.82) is 0 Å². The van der Waals surface area contributed by atoms with Gasteiger partial charge in [-0.05, 0) is 28.8 Å². The number of thioether (sulfide) groups is 1. The third-order valence-electron chi connectivity index (χ3n) is 3.09. The fourth-order valence-electron chi connectivity index (χ4n) is 2.02. The number of hydrogen-bond donors (Lipinski definition) is 1. The summed E-state index contributed by atoms with van der Waals surface area (Å²) in [7, 11) is 1.69. The van der Waals surface area contributed by atoms with Gasteiger partial charge in [0, 0.05) is 11.9 Å². The lowest BCUT2D eigenvalue weighted by molar-refractivity contribution is -0.120. The molecule has 1 unspecified atom stereocenters. The van der Waals surface area contributed by atoms with Crippen molar-refractivity contribution in [3.63, 3.8) is 0 Å². The van der Waals surface area contributed by atoms with Crippen LogP contribution in [-0.2, 0) is 4.79 Å². The van der Waals surface area contributed by atoms with Crippen molar-refractivity contribution in [3.8, 4) is 0 Å². The molecule has 2 aromatic rings. The Bertz CT molecular complexity index is 580. The van der Waals surface area contributed by atoms with Gasteiger partial charge in [0.05, 0.1) is 5.25 Å². The Hall–Kier alpha value is -1.48. The summed E-state index contributed by atoms with van der Waals surface area (Å²) in [6, 6.07) is 14.6. The van der Waals surface area contributed by atoms with E-state index in [0.29, 0.717) is 5.92 Å². The second-order valence-corrected chi connectivity index (χ2v) is 6.12. The van der Waals surface area contributed by atoms with Crippen molar-refractivity contribution in [1.82, 2.24) is 5.32 Å². The Labute approximate surface area is 118 Å². The summed E-state index contributed by atoms with van der Waals surface area (Å²) in [5.74, 6) is 0.393. The van der Waals surface area contributed by atoms with Gasteiger partial charge >= 0.3 is 0 Å². The maximum absolute atomic E-state index is 11.9. The molecule has 0 aliphatic rings. The molecule has 1 amide bonds. The minimum atomic E-state index is -0.0498. The molecule has 19 heavy (non-hydrogen) atoms. The van der Waals surface area contributed by atoms with E-state index in [1.54, 1.807) is 18.8 Å². The Morgan fingerprint density at radius 1 is 1.11 bits per heavy atom.